The number of carboxylic acid groups (broad SMARTS) is 1. The van der Waals surface area contributed by atoms with E-state index in [4.69, 9.17) is 4.74 Å². The fraction of sp³-hybridized carbons (Fsp3) is 0.632. The molecule has 1 fully saturated rings. The number of fused-ring (bicyclic) bond motifs is 1. The molecule has 1 N–H and O–H groups in total. The summed E-state index contributed by atoms with van der Waals surface area (Å²) in [7, 11) is 0. The SMILES string of the molecule is CC(C)(C)C1CC(C2(C)Cc3cc(Br)ccc3O2)CCN1C(=O)O. The third-order valence-corrected chi connectivity index (χ3v) is 6.11. The van der Waals surface area contributed by atoms with Gasteiger partial charge in [0.1, 0.15) is 11.4 Å². The summed E-state index contributed by atoms with van der Waals surface area (Å²) in [6.07, 6.45) is 1.78. The van der Waals surface area contributed by atoms with Crippen molar-refractivity contribution in [3.05, 3.63) is 28.2 Å². The van der Waals surface area contributed by atoms with Crippen molar-refractivity contribution in [2.75, 3.05) is 6.54 Å². The molecular formula is C19H26BrNO3. The maximum atomic E-state index is 11.6. The Labute approximate surface area is 152 Å². The van der Waals surface area contributed by atoms with Crippen molar-refractivity contribution in [3.63, 3.8) is 0 Å². The molecule has 0 saturated carbocycles. The molecule has 2 aliphatic heterocycles. The van der Waals surface area contributed by atoms with Crippen molar-refractivity contribution in [3.8, 4) is 5.75 Å². The molecule has 1 amide bonds. The van der Waals surface area contributed by atoms with E-state index in [1.54, 1.807) is 4.90 Å². The van der Waals surface area contributed by atoms with E-state index in [1.807, 2.05) is 12.1 Å². The fourth-order valence-corrected chi connectivity index (χ4v) is 4.66. The monoisotopic (exact) mass is 395 g/mol. The van der Waals surface area contributed by atoms with Gasteiger partial charge in [0.05, 0.1) is 0 Å². The summed E-state index contributed by atoms with van der Waals surface area (Å²) in [4.78, 5) is 13.2. The van der Waals surface area contributed by atoms with Crippen LogP contribution < -0.4 is 4.74 Å². The number of hydrogen-bond donors (Lipinski definition) is 1. The number of halogens is 1. The van der Waals surface area contributed by atoms with E-state index >= 15 is 0 Å². The number of amides is 1. The second-order valence-corrected chi connectivity index (χ2v) is 9.34. The molecule has 2 heterocycles. The van der Waals surface area contributed by atoms with Crippen LogP contribution in [0.25, 0.3) is 0 Å². The third kappa shape index (κ3) is 3.15. The van der Waals surface area contributed by atoms with Crippen molar-refractivity contribution in [2.45, 2.75) is 58.6 Å². The predicted molar refractivity (Wildman–Crippen MR) is 97.6 cm³/mol. The molecular weight excluding hydrogens is 370 g/mol. The number of benzene rings is 1. The molecule has 0 bridgehead atoms. The first-order valence-electron chi connectivity index (χ1n) is 8.57. The van der Waals surface area contributed by atoms with E-state index in [1.165, 1.54) is 5.56 Å². The molecule has 24 heavy (non-hydrogen) atoms. The topological polar surface area (TPSA) is 49.8 Å². The van der Waals surface area contributed by atoms with Gasteiger partial charge in [0.15, 0.2) is 0 Å². The van der Waals surface area contributed by atoms with Crippen LogP contribution >= 0.6 is 15.9 Å². The minimum atomic E-state index is -0.807. The number of hydrogen-bond acceptors (Lipinski definition) is 2. The quantitative estimate of drug-likeness (QED) is 0.731. The van der Waals surface area contributed by atoms with Gasteiger partial charge in [0.2, 0.25) is 0 Å². The van der Waals surface area contributed by atoms with Crippen molar-refractivity contribution in [1.82, 2.24) is 4.90 Å². The van der Waals surface area contributed by atoms with Crippen molar-refractivity contribution in [1.29, 1.82) is 0 Å². The first-order chi connectivity index (χ1) is 11.1. The number of likely N-dealkylation sites (tertiary alicyclic amines) is 1. The third-order valence-electron chi connectivity index (χ3n) is 5.62. The number of carbonyl (C=O) groups is 1. The fourth-order valence-electron chi connectivity index (χ4n) is 4.25. The van der Waals surface area contributed by atoms with Crippen molar-refractivity contribution in [2.24, 2.45) is 11.3 Å². The van der Waals surface area contributed by atoms with Gasteiger partial charge in [-0.2, -0.15) is 0 Å². The number of rotatable bonds is 1. The summed E-state index contributed by atoms with van der Waals surface area (Å²) in [6.45, 7) is 9.14. The molecule has 2 aliphatic rings. The Balaban J connectivity index is 1.82. The smallest absolute Gasteiger partial charge is 0.407 e. The predicted octanol–water partition coefficient (Wildman–Crippen LogP) is 4.95. The Hall–Kier alpha value is -1.23. The Morgan fingerprint density at radius 2 is 2.12 bits per heavy atom. The van der Waals surface area contributed by atoms with Crippen LogP contribution in [0, 0.1) is 11.3 Å². The second-order valence-electron chi connectivity index (χ2n) is 8.42. The molecule has 0 spiro atoms. The molecule has 0 radical (unpaired) electrons. The van der Waals surface area contributed by atoms with Gasteiger partial charge < -0.3 is 14.7 Å². The van der Waals surface area contributed by atoms with Crippen LogP contribution in [0.5, 0.6) is 5.75 Å². The molecule has 1 saturated heterocycles. The van der Waals surface area contributed by atoms with Crippen molar-refractivity contribution < 1.29 is 14.6 Å². The Morgan fingerprint density at radius 1 is 1.42 bits per heavy atom. The van der Waals surface area contributed by atoms with Crippen LogP contribution in [-0.4, -0.2) is 34.3 Å². The molecule has 3 rings (SSSR count). The maximum absolute atomic E-state index is 11.6. The maximum Gasteiger partial charge on any atom is 0.407 e. The van der Waals surface area contributed by atoms with E-state index < -0.39 is 6.09 Å². The van der Waals surface area contributed by atoms with E-state index in [0.29, 0.717) is 12.5 Å². The molecule has 132 valence electrons. The van der Waals surface area contributed by atoms with E-state index in [-0.39, 0.29) is 17.1 Å². The highest BCUT2D eigenvalue weighted by molar-refractivity contribution is 9.10. The molecule has 0 aromatic heterocycles. The summed E-state index contributed by atoms with van der Waals surface area (Å²) in [5, 5.41) is 9.55. The van der Waals surface area contributed by atoms with Crippen LogP contribution in [0.4, 0.5) is 4.79 Å². The highest BCUT2D eigenvalue weighted by Crippen LogP contribution is 2.46. The van der Waals surface area contributed by atoms with Crippen LogP contribution in [-0.2, 0) is 6.42 Å². The van der Waals surface area contributed by atoms with Crippen LogP contribution in [0.15, 0.2) is 22.7 Å². The van der Waals surface area contributed by atoms with Crippen LogP contribution in [0.1, 0.15) is 46.1 Å². The lowest BCUT2D eigenvalue weighted by atomic mass is 9.71. The van der Waals surface area contributed by atoms with Gasteiger partial charge in [0.25, 0.3) is 0 Å². The zero-order chi connectivity index (χ0) is 17.7. The molecule has 4 nitrogen and oxygen atoms in total. The average molecular weight is 396 g/mol. The lowest BCUT2D eigenvalue weighted by Gasteiger charge is -2.48. The summed E-state index contributed by atoms with van der Waals surface area (Å²) >= 11 is 3.53. The van der Waals surface area contributed by atoms with Gasteiger partial charge >= 0.3 is 6.09 Å². The number of piperidine rings is 1. The Bertz CT molecular complexity index is 655. The Kier molecular flexibility index (Phi) is 4.35. The van der Waals surface area contributed by atoms with Crippen molar-refractivity contribution >= 4 is 22.0 Å². The largest absolute Gasteiger partial charge is 0.487 e. The zero-order valence-corrected chi connectivity index (χ0v) is 16.4. The first-order valence-corrected chi connectivity index (χ1v) is 9.36. The number of ether oxygens (including phenoxy) is 1. The summed E-state index contributed by atoms with van der Waals surface area (Å²) in [5.41, 5.74) is 0.902. The Morgan fingerprint density at radius 3 is 2.75 bits per heavy atom. The van der Waals surface area contributed by atoms with Gasteiger partial charge in [-0.3, -0.25) is 0 Å². The van der Waals surface area contributed by atoms with Gasteiger partial charge in [0, 0.05) is 29.4 Å². The summed E-state index contributed by atoms with van der Waals surface area (Å²) in [6, 6.07) is 6.19. The minimum Gasteiger partial charge on any atom is -0.487 e. The standard InChI is InChI=1S/C19H26BrNO3/c1-18(2,3)16-10-13(7-8-21(16)17(22)23)19(4)11-12-9-14(20)5-6-15(12)24-19/h5-6,9,13,16H,7-8,10-11H2,1-4H3,(H,22,23). The second kappa shape index (κ2) is 5.94. The molecule has 1 aromatic rings. The van der Waals surface area contributed by atoms with Gasteiger partial charge in [-0.25, -0.2) is 4.79 Å². The lowest BCUT2D eigenvalue weighted by Crippen LogP contribution is -2.55. The van der Waals surface area contributed by atoms with E-state index in [9.17, 15) is 9.90 Å². The highest BCUT2D eigenvalue weighted by Gasteiger charge is 2.48. The molecule has 3 unspecified atom stereocenters. The van der Waals surface area contributed by atoms with Gasteiger partial charge in [-0.05, 0) is 48.9 Å². The van der Waals surface area contributed by atoms with Gasteiger partial charge in [-0.1, -0.05) is 36.7 Å². The molecule has 5 heteroatoms. The highest BCUT2D eigenvalue weighted by atomic mass is 79.9. The molecule has 1 aromatic carbocycles. The number of nitrogens with zero attached hydrogens (tertiary/aromatic N) is 1. The zero-order valence-electron chi connectivity index (χ0n) is 14.8. The summed E-state index contributed by atoms with van der Waals surface area (Å²) in [5.74, 6) is 1.32. The lowest BCUT2D eigenvalue weighted by molar-refractivity contribution is -0.0279. The van der Waals surface area contributed by atoms with Crippen LogP contribution in [0.3, 0.4) is 0 Å². The average Bonchev–Trinajstić information content (AvgIpc) is 2.82. The first kappa shape index (κ1) is 17.6. The minimum absolute atomic E-state index is 0.0182. The molecule has 0 aliphatic carbocycles. The van der Waals surface area contributed by atoms with Gasteiger partial charge in [-0.15, -0.1) is 0 Å². The summed E-state index contributed by atoms with van der Waals surface area (Å²) < 4.78 is 7.43. The van der Waals surface area contributed by atoms with E-state index in [2.05, 4.69) is 49.7 Å². The molecule has 3 atom stereocenters. The van der Waals surface area contributed by atoms with Crippen LogP contribution in [0.2, 0.25) is 0 Å². The van der Waals surface area contributed by atoms with E-state index in [0.717, 1.165) is 29.5 Å². The normalized spacial score (nSPS) is 30.0.